The number of nitrogens with zero attached hydrogens (tertiary/aromatic N) is 1. The van der Waals surface area contributed by atoms with E-state index in [1.165, 1.54) is 0 Å². The number of amides is 1. The Bertz CT molecular complexity index is 851. The molecule has 0 saturated carbocycles. The van der Waals surface area contributed by atoms with Gasteiger partial charge in [0.15, 0.2) is 0 Å². The van der Waals surface area contributed by atoms with E-state index in [0.717, 1.165) is 22.2 Å². The summed E-state index contributed by atoms with van der Waals surface area (Å²) in [6.45, 7) is 4.24. The number of benzene rings is 2. The third kappa shape index (κ3) is 2.85. The molecule has 1 heterocycles. The molecule has 0 aliphatic heterocycles. The molecule has 0 bridgehead atoms. The highest BCUT2D eigenvalue weighted by molar-refractivity contribution is 6.33. The van der Waals surface area contributed by atoms with Crippen LogP contribution in [0.2, 0.25) is 5.02 Å². The van der Waals surface area contributed by atoms with Crippen molar-refractivity contribution < 1.29 is 4.79 Å². The summed E-state index contributed by atoms with van der Waals surface area (Å²) in [7, 11) is 0. The maximum atomic E-state index is 12.3. The van der Waals surface area contributed by atoms with Crippen molar-refractivity contribution in [3.05, 3.63) is 64.8 Å². The molecule has 3 aromatic rings. The molecule has 3 rings (SSSR count). The maximum absolute atomic E-state index is 12.3. The highest BCUT2D eigenvalue weighted by atomic mass is 35.5. The van der Waals surface area contributed by atoms with Crippen molar-refractivity contribution in [2.45, 2.75) is 20.4 Å². The lowest BCUT2D eigenvalue weighted by Gasteiger charge is -2.11. The summed E-state index contributed by atoms with van der Waals surface area (Å²) in [6, 6.07) is 15.7. The van der Waals surface area contributed by atoms with Crippen LogP contribution in [0.5, 0.6) is 0 Å². The van der Waals surface area contributed by atoms with Crippen LogP contribution in [0.1, 0.15) is 11.3 Å². The minimum Gasteiger partial charge on any atom is -0.335 e. The first kappa shape index (κ1) is 14.7. The van der Waals surface area contributed by atoms with Gasteiger partial charge >= 0.3 is 0 Å². The summed E-state index contributed by atoms with van der Waals surface area (Å²) >= 11 is 6.16. The Hall–Kier alpha value is -2.26. The molecule has 4 heteroatoms. The van der Waals surface area contributed by atoms with Gasteiger partial charge in [-0.05, 0) is 49.1 Å². The Morgan fingerprint density at radius 3 is 2.68 bits per heavy atom. The molecule has 0 aliphatic carbocycles. The molecule has 1 N–H and O–H groups in total. The topological polar surface area (TPSA) is 34.0 Å². The number of nitrogens with one attached hydrogen (secondary N) is 1. The van der Waals surface area contributed by atoms with E-state index < -0.39 is 0 Å². The van der Waals surface area contributed by atoms with Crippen LogP contribution in [0.15, 0.2) is 48.5 Å². The van der Waals surface area contributed by atoms with Gasteiger partial charge in [0.1, 0.15) is 6.54 Å². The third-order valence-corrected chi connectivity index (χ3v) is 4.03. The lowest BCUT2D eigenvalue weighted by atomic mass is 10.2. The smallest absolute Gasteiger partial charge is 0.244 e. The Kier molecular flexibility index (Phi) is 3.90. The fraction of sp³-hybridized carbons (Fsp3) is 0.167. The van der Waals surface area contributed by atoms with Gasteiger partial charge in [-0.1, -0.05) is 35.9 Å². The number of rotatable bonds is 3. The van der Waals surface area contributed by atoms with Gasteiger partial charge in [0.25, 0.3) is 0 Å². The Balaban J connectivity index is 1.83. The lowest BCUT2D eigenvalue weighted by Crippen LogP contribution is -2.19. The van der Waals surface area contributed by atoms with Gasteiger partial charge in [-0.25, -0.2) is 0 Å². The predicted octanol–water partition coefficient (Wildman–Crippen LogP) is 4.55. The average molecular weight is 313 g/mol. The molecule has 0 radical (unpaired) electrons. The van der Waals surface area contributed by atoms with Crippen LogP contribution >= 0.6 is 11.6 Å². The van der Waals surface area contributed by atoms with Crippen molar-refractivity contribution >= 4 is 34.1 Å². The van der Waals surface area contributed by atoms with Crippen molar-refractivity contribution in [1.29, 1.82) is 0 Å². The molecule has 22 heavy (non-hydrogen) atoms. The second kappa shape index (κ2) is 5.85. The first-order valence-electron chi connectivity index (χ1n) is 7.15. The molecule has 0 fully saturated rings. The molecule has 0 aliphatic rings. The van der Waals surface area contributed by atoms with Gasteiger partial charge in [0.05, 0.1) is 10.7 Å². The highest BCUT2D eigenvalue weighted by Gasteiger charge is 2.11. The van der Waals surface area contributed by atoms with Gasteiger partial charge in [0.2, 0.25) is 5.91 Å². The number of halogens is 1. The number of fused-ring (bicyclic) bond motifs is 1. The fourth-order valence-corrected chi connectivity index (χ4v) is 2.90. The molecule has 1 amide bonds. The number of carbonyl (C=O) groups is 1. The van der Waals surface area contributed by atoms with Crippen LogP contribution < -0.4 is 5.32 Å². The lowest BCUT2D eigenvalue weighted by molar-refractivity contribution is -0.116. The number of anilines is 1. The monoisotopic (exact) mass is 312 g/mol. The summed E-state index contributed by atoms with van der Waals surface area (Å²) in [5.74, 6) is -0.0878. The van der Waals surface area contributed by atoms with Crippen molar-refractivity contribution in [1.82, 2.24) is 4.57 Å². The van der Waals surface area contributed by atoms with Crippen LogP contribution in [0.4, 0.5) is 5.69 Å². The molecule has 112 valence electrons. The largest absolute Gasteiger partial charge is 0.335 e. The number of hydrogen-bond acceptors (Lipinski definition) is 1. The Morgan fingerprint density at radius 2 is 1.91 bits per heavy atom. The summed E-state index contributed by atoms with van der Waals surface area (Å²) in [5, 5.41) is 4.57. The van der Waals surface area contributed by atoms with E-state index in [0.29, 0.717) is 10.7 Å². The molecule has 0 saturated heterocycles. The molecule has 0 spiro atoms. The quantitative estimate of drug-likeness (QED) is 0.756. The van der Waals surface area contributed by atoms with E-state index in [-0.39, 0.29) is 12.5 Å². The molecule has 2 aromatic carbocycles. The number of carbonyl (C=O) groups excluding carboxylic acids is 1. The number of aromatic nitrogens is 1. The summed E-state index contributed by atoms with van der Waals surface area (Å²) in [6.07, 6.45) is 0. The first-order chi connectivity index (χ1) is 10.5. The second-order valence-corrected chi connectivity index (χ2v) is 5.87. The van der Waals surface area contributed by atoms with Crippen LogP contribution in [-0.2, 0) is 11.3 Å². The zero-order valence-electron chi connectivity index (χ0n) is 12.6. The summed E-state index contributed by atoms with van der Waals surface area (Å²) in [4.78, 5) is 12.3. The van der Waals surface area contributed by atoms with E-state index >= 15 is 0 Å². The minimum atomic E-state index is -0.0878. The van der Waals surface area contributed by atoms with Gasteiger partial charge in [-0.2, -0.15) is 0 Å². The van der Waals surface area contributed by atoms with E-state index in [9.17, 15) is 4.79 Å². The molecule has 0 atom stereocenters. The molecule has 1 aromatic heterocycles. The summed E-state index contributed by atoms with van der Waals surface area (Å²) < 4.78 is 2.01. The summed E-state index contributed by atoms with van der Waals surface area (Å²) in [5.41, 5.74) is 3.83. The van der Waals surface area contributed by atoms with Gasteiger partial charge in [-0.15, -0.1) is 0 Å². The normalized spacial score (nSPS) is 10.9. The van der Waals surface area contributed by atoms with Gasteiger partial charge in [0, 0.05) is 11.2 Å². The molecule has 0 unspecified atom stereocenters. The molecular formula is C18H17ClN2O. The predicted molar refractivity (Wildman–Crippen MR) is 91.5 cm³/mol. The maximum Gasteiger partial charge on any atom is 0.244 e. The van der Waals surface area contributed by atoms with E-state index in [2.05, 4.69) is 11.4 Å². The SMILES string of the molecule is Cc1ccc(NC(=O)Cn2c(C)cc3ccccc32)c(Cl)c1. The van der Waals surface area contributed by atoms with Crippen molar-refractivity contribution in [2.24, 2.45) is 0 Å². The molecular weight excluding hydrogens is 296 g/mol. The van der Waals surface area contributed by atoms with Crippen LogP contribution in [0.3, 0.4) is 0 Å². The van der Waals surface area contributed by atoms with Crippen molar-refractivity contribution in [3.8, 4) is 0 Å². The number of hydrogen-bond donors (Lipinski definition) is 1. The standard InChI is InChI=1S/C18H17ClN2O/c1-12-7-8-16(15(19)9-12)20-18(22)11-21-13(2)10-14-5-3-4-6-17(14)21/h3-10H,11H2,1-2H3,(H,20,22). The average Bonchev–Trinajstić information content (AvgIpc) is 2.78. The van der Waals surface area contributed by atoms with Crippen molar-refractivity contribution in [2.75, 3.05) is 5.32 Å². The highest BCUT2D eigenvalue weighted by Crippen LogP contribution is 2.23. The van der Waals surface area contributed by atoms with E-state index in [1.54, 1.807) is 0 Å². The molecule has 3 nitrogen and oxygen atoms in total. The van der Waals surface area contributed by atoms with Crippen molar-refractivity contribution in [3.63, 3.8) is 0 Å². The Labute approximate surface area is 134 Å². The number of aryl methyl sites for hydroxylation is 2. The zero-order chi connectivity index (χ0) is 15.7. The Morgan fingerprint density at radius 1 is 1.14 bits per heavy atom. The minimum absolute atomic E-state index is 0.0878. The van der Waals surface area contributed by atoms with Crippen LogP contribution in [-0.4, -0.2) is 10.5 Å². The van der Waals surface area contributed by atoms with Crippen LogP contribution in [0, 0.1) is 13.8 Å². The van der Waals surface area contributed by atoms with E-state index in [4.69, 9.17) is 11.6 Å². The fourth-order valence-electron chi connectivity index (χ4n) is 2.61. The van der Waals surface area contributed by atoms with Gasteiger partial charge < -0.3 is 9.88 Å². The second-order valence-electron chi connectivity index (χ2n) is 5.46. The van der Waals surface area contributed by atoms with Crippen LogP contribution in [0.25, 0.3) is 10.9 Å². The first-order valence-corrected chi connectivity index (χ1v) is 7.53. The third-order valence-electron chi connectivity index (χ3n) is 3.72. The van der Waals surface area contributed by atoms with E-state index in [1.807, 2.05) is 60.9 Å². The zero-order valence-corrected chi connectivity index (χ0v) is 13.3. The number of para-hydroxylation sites is 1. The van der Waals surface area contributed by atoms with Gasteiger partial charge in [-0.3, -0.25) is 4.79 Å².